The molecule has 0 saturated carbocycles. The minimum atomic E-state index is -3.89. The lowest BCUT2D eigenvalue weighted by Gasteiger charge is -2.20. The fraction of sp³-hybridized carbons (Fsp3) is 0.526. The predicted molar refractivity (Wildman–Crippen MR) is 130 cm³/mol. The molecule has 1 atom stereocenters. The summed E-state index contributed by atoms with van der Waals surface area (Å²) in [4.78, 5) is 26.8. The number of sulfonamides is 1. The second-order valence-corrected chi connectivity index (χ2v) is 9.88. The molecule has 1 unspecified atom stereocenters. The van der Waals surface area contributed by atoms with Crippen LogP contribution < -0.4 is 4.72 Å². The summed E-state index contributed by atoms with van der Waals surface area (Å²) < 4.78 is 27.1. The van der Waals surface area contributed by atoms with Gasteiger partial charge in [0, 0.05) is 23.0 Å². The van der Waals surface area contributed by atoms with Gasteiger partial charge in [-0.2, -0.15) is 4.80 Å². The van der Waals surface area contributed by atoms with Crippen LogP contribution in [-0.2, 0) is 32.6 Å². The Morgan fingerprint density at radius 1 is 1.21 bits per heavy atom. The Labute approximate surface area is 214 Å². The molecule has 0 spiro atoms. The summed E-state index contributed by atoms with van der Waals surface area (Å²) in [6, 6.07) is 3.57. The molecule has 1 aromatic carbocycles. The van der Waals surface area contributed by atoms with E-state index in [9.17, 15) is 18.0 Å². The number of benzene rings is 1. The molecule has 1 heterocycles. The molecule has 0 aliphatic carbocycles. The maximum atomic E-state index is 12.7. The lowest BCUT2D eigenvalue weighted by Crippen LogP contribution is -2.46. The minimum Gasteiger partial charge on any atom is -0.481 e. The number of carbonyl (C=O) groups is 2. The van der Waals surface area contributed by atoms with Crippen molar-refractivity contribution in [3.8, 4) is 0 Å². The van der Waals surface area contributed by atoms with Crippen molar-refractivity contribution in [1.29, 1.82) is 0 Å². The van der Waals surface area contributed by atoms with Crippen molar-refractivity contribution in [2.75, 3.05) is 25.4 Å². The number of hydrogen-bond acceptors (Lipinski definition) is 8. The number of nitrogens with one attached hydrogen (secondary N) is 1. The van der Waals surface area contributed by atoms with Gasteiger partial charge in [0.05, 0.1) is 18.2 Å². The molecule has 34 heavy (non-hydrogen) atoms. The van der Waals surface area contributed by atoms with E-state index in [0.29, 0.717) is 28.7 Å². The summed E-state index contributed by atoms with van der Waals surface area (Å²) in [6.07, 6.45) is -0.538. The summed E-state index contributed by atoms with van der Waals surface area (Å²) in [6.45, 7) is 4.94. The first-order valence-electron chi connectivity index (χ1n) is 10.2. The zero-order chi connectivity index (χ0) is 24.6. The van der Waals surface area contributed by atoms with Gasteiger partial charge in [-0.1, -0.05) is 43.1 Å². The largest absolute Gasteiger partial charge is 0.481 e. The highest BCUT2D eigenvalue weighted by molar-refractivity contribution is 7.89. The predicted octanol–water partition coefficient (Wildman–Crippen LogP) is 1.67. The van der Waals surface area contributed by atoms with Crippen LogP contribution in [0.1, 0.15) is 31.7 Å². The van der Waals surface area contributed by atoms with Gasteiger partial charge in [-0.3, -0.25) is 9.59 Å². The number of hydrogen-bond donors (Lipinski definition) is 2. The van der Waals surface area contributed by atoms with Gasteiger partial charge in [0.15, 0.2) is 11.6 Å². The summed E-state index contributed by atoms with van der Waals surface area (Å²) in [5.41, 5.74) is 0.594. The Morgan fingerprint density at radius 2 is 1.82 bits per heavy atom. The van der Waals surface area contributed by atoms with Gasteiger partial charge in [-0.25, -0.2) is 13.1 Å². The number of halogens is 3. The highest BCUT2D eigenvalue weighted by Gasteiger charge is 2.28. The van der Waals surface area contributed by atoms with E-state index >= 15 is 0 Å². The van der Waals surface area contributed by atoms with Gasteiger partial charge in [0.25, 0.3) is 0 Å². The topological polar surface area (TPSA) is 147 Å². The lowest BCUT2D eigenvalue weighted by atomic mass is 10.1. The van der Waals surface area contributed by atoms with Crippen LogP contribution in [-0.4, -0.2) is 81.8 Å². The zero-order valence-corrected chi connectivity index (χ0v) is 21.8. The molecule has 0 fully saturated rings. The van der Waals surface area contributed by atoms with E-state index < -0.39 is 40.8 Å². The molecule has 11 nitrogen and oxygen atoms in total. The van der Waals surface area contributed by atoms with Gasteiger partial charge >= 0.3 is 5.97 Å². The molecular formula is C19H27Cl3N6O5S. The molecule has 2 rings (SSSR count). The summed E-state index contributed by atoms with van der Waals surface area (Å²) >= 11 is 12.3. The maximum Gasteiger partial charge on any atom is 0.305 e. The number of aromatic nitrogens is 4. The number of nitrogens with zero attached hydrogens (tertiary/aromatic N) is 5. The third-order valence-electron chi connectivity index (χ3n) is 4.85. The van der Waals surface area contributed by atoms with Gasteiger partial charge in [0.1, 0.15) is 6.54 Å². The van der Waals surface area contributed by atoms with Crippen molar-refractivity contribution < 1.29 is 23.1 Å². The van der Waals surface area contributed by atoms with Crippen LogP contribution in [0, 0.1) is 0 Å². The van der Waals surface area contributed by atoms with Crippen LogP contribution in [0.25, 0.3) is 0 Å². The van der Waals surface area contributed by atoms with E-state index in [1.165, 1.54) is 0 Å². The first-order chi connectivity index (χ1) is 15.5. The Hall–Kier alpha value is -1.83. The maximum absolute atomic E-state index is 12.7. The standard InChI is InChI=1S/C19H26Cl2N6O5S.ClH/c1-3-26(4-2)8-9-33(31,32)24-16(11-19(29)30)17(28)12-27-23-18(22-25-27)10-13-14(20)6-5-7-15(13)21;/h5-7,16,24H,3-4,8-12H2,1-2H3,(H,29,30);1H. The second-order valence-electron chi connectivity index (χ2n) is 7.19. The summed E-state index contributed by atoms with van der Waals surface area (Å²) in [7, 11) is -3.89. The average Bonchev–Trinajstić information content (AvgIpc) is 3.17. The number of carboxylic acid groups (broad SMARTS) is 1. The third-order valence-corrected chi connectivity index (χ3v) is 6.92. The SMILES string of the molecule is CCN(CC)CCS(=O)(=O)NC(CC(=O)O)C(=O)Cn1nnc(Cc2c(Cl)cccc2Cl)n1.Cl. The number of Topliss-reactive ketones (excluding diaryl/α,β-unsaturated/α-hetero) is 1. The van der Waals surface area contributed by atoms with Crippen LogP contribution in [0.4, 0.5) is 0 Å². The number of carboxylic acids is 1. The van der Waals surface area contributed by atoms with Crippen molar-refractivity contribution in [2.24, 2.45) is 0 Å². The van der Waals surface area contributed by atoms with Crippen LogP contribution in [0.2, 0.25) is 10.0 Å². The van der Waals surface area contributed by atoms with E-state index in [-0.39, 0.29) is 36.9 Å². The number of aliphatic carboxylic acids is 1. The fourth-order valence-corrected chi connectivity index (χ4v) is 4.78. The van der Waals surface area contributed by atoms with Crippen molar-refractivity contribution in [2.45, 2.75) is 39.3 Å². The molecule has 190 valence electrons. The fourth-order valence-electron chi connectivity index (χ4n) is 2.98. The molecule has 0 saturated heterocycles. The van der Waals surface area contributed by atoms with E-state index in [4.69, 9.17) is 28.3 Å². The smallest absolute Gasteiger partial charge is 0.305 e. The molecule has 0 aliphatic heterocycles. The van der Waals surface area contributed by atoms with Crippen molar-refractivity contribution >= 4 is 57.4 Å². The average molecular weight is 558 g/mol. The second kappa shape index (κ2) is 13.9. The van der Waals surface area contributed by atoms with Gasteiger partial charge in [-0.05, 0) is 36.0 Å². The number of rotatable bonds is 14. The van der Waals surface area contributed by atoms with Crippen LogP contribution >= 0.6 is 35.6 Å². The van der Waals surface area contributed by atoms with Crippen molar-refractivity contribution in [3.63, 3.8) is 0 Å². The van der Waals surface area contributed by atoms with E-state index in [1.807, 2.05) is 18.7 Å². The minimum absolute atomic E-state index is 0. The van der Waals surface area contributed by atoms with Gasteiger partial charge < -0.3 is 10.0 Å². The highest BCUT2D eigenvalue weighted by Crippen LogP contribution is 2.25. The molecule has 0 bridgehead atoms. The third kappa shape index (κ3) is 9.43. The molecule has 1 aromatic heterocycles. The normalized spacial score (nSPS) is 12.4. The summed E-state index contributed by atoms with van der Waals surface area (Å²) in [5, 5.41) is 21.7. The molecule has 2 aromatic rings. The van der Waals surface area contributed by atoms with Gasteiger partial charge in [-0.15, -0.1) is 22.6 Å². The quantitative estimate of drug-likeness (QED) is 0.354. The number of tetrazole rings is 1. The lowest BCUT2D eigenvalue weighted by molar-refractivity contribution is -0.139. The molecule has 2 N–H and O–H groups in total. The number of ketones is 1. The Morgan fingerprint density at radius 3 is 2.38 bits per heavy atom. The Balaban J connectivity index is 0.00000578. The Bertz CT molecular complexity index is 1060. The van der Waals surface area contributed by atoms with E-state index in [1.54, 1.807) is 18.2 Å². The Kier molecular flexibility index (Phi) is 12.4. The van der Waals surface area contributed by atoms with Crippen LogP contribution in [0.3, 0.4) is 0 Å². The van der Waals surface area contributed by atoms with E-state index in [2.05, 4.69) is 20.1 Å². The van der Waals surface area contributed by atoms with Crippen molar-refractivity contribution in [3.05, 3.63) is 39.6 Å². The molecule has 0 amide bonds. The van der Waals surface area contributed by atoms with E-state index in [0.717, 1.165) is 4.80 Å². The monoisotopic (exact) mass is 556 g/mol. The van der Waals surface area contributed by atoms with Gasteiger partial charge in [0.2, 0.25) is 10.0 Å². The molecule has 0 aliphatic rings. The zero-order valence-electron chi connectivity index (χ0n) is 18.6. The van der Waals surface area contributed by atoms with Crippen LogP contribution in [0.5, 0.6) is 0 Å². The molecule has 0 radical (unpaired) electrons. The molecule has 15 heteroatoms. The van der Waals surface area contributed by atoms with Crippen molar-refractivity contribution in [1.82, 2.24) is 29.8 Å². The molecular weight excluding hydrogens is 531 g/mol. The highest BCUT2D eigenvalue weighted by atomic mass is 35.5. The van der Waals surface area contributed by atoms with Crippen LogP contribution in [0.15, 0.2) is 18.2 Å². The summed E-state index contributed by atoms with van der Waals surface area (Å²) in [5.74, 6) is -2.04. The first kappa shape index (κ1) is 30.2. The first-order valence-corrected chi connectivity index (χ1v) is 12.6. The number of carbonyl (C=O) groups excluding carboxylic acids is 1.